The monoisotopic (exact) mass is 413 g/mol. The van der Waals surface area contributed by atoms with Crippen molar-refractivity contribution in [2.45, 2.75) is 32.4 Å². The summed E-state index contributed by atoms with van der Waals surface area (Å²) in [6, 6.07) is 6.21. The molecule has 10 heteroatoms. The van der Waals surface area contributed by atoms with Gasteiger partial charge in [0, 0.05) is 12.6 Å². The Morgan fingerprint density at radius 3 is 2.83 bits per heavy atom. The Morgan fingerprint density at radius 1 is 1.38 bits per heavy atom. The summed E-state index contributed by atoms with van der Waals surface area (Å²) in [4.78, 5) is 25.8. The van der Waals surface area contributed by atoms with Crippen molar-refractivity contribution in [3.8, 4) is 6.07 Å². The van der Waals surface area contributed by atoms with Crippen molar-refractivity contribution in [2.75, 3.05) is 17.7 Å². The van der Waals surface area contributed by atoms with Crippen LogP contribution >= 0.6 is 11.6 Å². The summed E-state index contributed by atoms with van der Waals surface area (Å²) in [5.41, 5.74) is 6.03. The minimum atomic E-state index is -0.506. The van der Waals surface area contributed by atoms with E-state index >= 15 is 0 Å². The number of nitrogens with one attached hydrogen (secondary N) is 1. The molecule has 0 fully saturated rings. The fourth-order valence-electron chi connectivity index (χ4n) is 3.16. The van der Waals surface area contributed by atoms with Gasteiger partial charge in [0.1, 0.15) is 35.4 Å². The summed E-state index contributed by atoms with van der Waals surface area (Å²) in [5.74, 6) is 0.725. The molecule has 29 heavy (non-hydrogen) atoms. The molecule has 2 heterocycles. The first-order valence-corrected chi connectivity index (χ1v) is 9.35. The van der Waals surface area contributed by atoms with E-state index in [-0.39, 0.29) is 35.4 Å². The van der Waals surface area contributed by atoms with Crippen LogP contribution in [0.25, 0.3) is 10.9 Å². The Balaban J connectivity index is 2.17. The zero-order valence-electron chi connectivity index (χ0n) is 15.9. The zero-order chi connectivity index (χ0) is 21.1. The number of aromatic nitrogens is 4. The smallest absolute Gasteiger partial charge is 0.263 e. The van der Waals surface area contributed by atoms with Crippen molar-refractivity contribution in [1.29, 1.82) is 5.26 Å². The quantitative estimate of drug-likeness (QED) is 0.559. The first-order valence-electron chi connectivity index (χ1n) is 8.97. The number of aliphatic hydroxyl groups excluding tert-OH is 1. The van der Waals surface area contributed by atoms with Gasteiger partial charge in [0.2, 0.25) is 0 Å². The van der Waals surface area contributed by atoms with E-state index in [1.807, 2.05) is 13.0 Å². The van der Waals surface area contributed by atoms with E-state index in [1.54, 1.807) is 25.1 Å². The van der Waals surface area contributed by atoms with Crippen LogP contribution < -0.4 is 16.6 Å². The second-order valence-corrected chi connectivity index (χ2v) is 7.01. The van der Waals surface area contributed by atoms with E-state index in [2.05, 4.69) is 20.3 Å². The number of halogens is 1. The molecule has 0 aliphatic heterocycles. The van der Waals surface area contributed by atoms with Gasteiger partial charge in [-0.2, -0.15) is 5.26 Å². The summed E-state index contributed by atoms with van der Waals surface area (Å²) in [5, 5.41) is 22.4. The molecule has 4 N–H and O–H groups in total. The van der Waals surface area contributed by atoms with Crippen molar-refractivity contribution in [3.63, 3.8) is 0 Å². The summed E-state index contributed by atoms with van der Waals surface area (Å²) >= 11 is 6.25. The van der Waals surface area contributed by atoms with Crippen LogP contribution in [0.3, 0.4) is 0 Å². The SMILES string of the molecule is CC(CCO)n1c([C@H](C)Nc2ncnc(N)c2C#N)nc2cccc(Cl)c2c1=O. The molecule has 3 rings (SSSR count). The molecular formula is C19H20ClN7O2. The molecule has 2 aromatic heterocycles. The number of hydrogen-bond acceptors (Lipinski definition) is 8. The number of hydrogen-bond donors (Lipinski definition) is 3. The molecule has 0 aliphatic carbocycles. The maximum atomic E-state index is 13.3. The van der Waals surface area contributed by atoms with Crippen LogP contribution in [0.15, 0.2) is 29.3 Å². The number of benzene rings is 1. The van der Waals surface area contributed by atoms with Gasteiger partial charge in [-0.1, -0.05) is 17.7 Å². The van der Waals surface area contributed by atoms with Crippen LogP contribution in [0.4, 0.5) is 11.6 Å². The third kappa shape index (κ3) is 3.85. The average Bonchev–Trinajstić information content (AvgIpc) is 2.68. The summed E-state index contributed by atoms with van der Waals surface area (Å²) in [6.45, 7) is 3.53. The van der Waals surface area contributed by atoms with Crippen molar-refractivity contribution in [1.82, 2.24) is 19.5 Å². The fourth-order valence-corrected chi connectivity index (χ4v) is 3.41. The molecule has 3 aromatic rings. The minimum Gasteiger partial charge on any atom is -0.396 e. The molecule has 0 saturated heterocycles. The lowest BCUT2D eigenvalue weighted by atomic mass is 10.1. The third-order valence-electron chi connectivity index (χ3n) is 4.62. The Kier molecular flexibility index (Phi) is 5.96. The molecule has 1 unspecified atom stereocenters. The summed E-state index contributed by atoms with van der Waals surface area (Å²) in [6.07, 6.45) is 1.61. The summed E-state index contributed by atoms with van der Waals surface area (Å²) < 4.78 is 1.51. The van der Waals surface area contributed by atoms with Gasteiger partial charge in [-0.05, 0) is 32.4 Å². The number of rotatable bonds is 6. The van der Waals surface area contributed by atoms with Crippen LogP contribution in [-0.2, 0) is 0 Å². The van der Waals surface area contributed by atoms with E-state index in [0.29, 0.717) is 28.2 Å². The van der Waals surface area contributed by atoms with Gasteiger partial charge in [0.05, 0.1) is 22.0 Å². The normalized spacial score (nSPS) is 13.1. The molecule has 0 aliphatic rings. The Hall–Kier alpha value is -3.22. The molecule has 0 bridgehead atoms. The molecule has 0 saturated carbocycles. The number of nitriles is 1. The minimum absolute atomic E-state index is 0.0569. The predicted molar refractivity (Wildman–Crippen MR) is 111 cm³/mol. The molecule has 0 radical (unpaired) electrons. The highest BCUT2D eigenvalue weighted by Crippen LogP contribution is 2.26. The number of fused-ring (bicyclic) bond motifs is 1. The van der Waals surface area contributed by atoms with Crippen LogP contribution in [-0.4, -0.2) is 31.2 Å². The lowest BCUT2D eigenvalue weighted by molar-refractivity contribution is 0.259. The molecular weight excluding hydrogens is 394 g/mol. The second kappa shape index (κ2) is 8.43. The molecule has 150 valence electrons. The Bertz CT molecular complexity index is 1160. The van der Waals surface area contributed by atoms with E-state index in [9.17, 15) is 15.2 Å². The highest BCUT2D eigenvalue weighted by molar-refractivity contribution is 6.35. The van der Waals surface area contributed by atoms with Crippen LogP contribution in [0.1, 0.15) is 43.7 Å². The van der Waals surface area contributed by atoms with Crippen LogP contribution in [0.5, 0.6) is 0 Å². The van der Waals surface area contributed by atoms with Gasteiger partial charge in [-0.25, -0.2) is 15.0 Å². The second-order valence-electron chi connectivity index (χ2n) is 6.60. The Labute approximate surface area is 171 Å². The highest BCUT2D eigenvalue weighted by Gasteiger charge is 2.22. The zero-order valence-corrected chi connectivity index (χ0v) is 16.7. The van der Waals surface area contributed by atoms with E-state index in [1.165, 1.54) is 10.9 Å². The first kappa shape index (κ1) is 20.5. The lowest BCUT2D eigenvalue weighted by Gasteiger charge is -2.24. The molecule has 1 aromatic carbocycles. The number of nitrogens with two attached hydrogens (primary N) is 1. The Morgan fingerprint density at radius 2 is 2.14 bits per heavy atom. The van der Waals surface area contributed by atoms with E-state index in [4.69, 9.17) is 17.3 Å². The third-order valence-corrected chi connectivity index (χ3v) is 4.94. The summed E-state index contributed by atoms with van der Waals surface area (Å²) in [7, 11) is 0. The number of nitrogens with zero attached hydrogens (tertiary/aromatic N) is 5. The lowest BCUT2D eigenvalue weighted by Crippen LogP contribution is -2.31. The van der Waals surface area contributed by atoms with Crippen molar-refractivity contribution < 1.29 is 5.11 Å². The van der Waals surface area contributed by atoms with Crippen molar-refractivity contribution in [2.24, 2.45) is 0 Å². The fraction of sp³-hybridized carbons (Fsp3) is 0.316. The van der Waals surface area contributed by atoms with Crippen molar-refractivity contribution >= 4 is 34.1 Å². The van der Waals surface area contributed by atoms with Crippen molar-refractivity contribution in [3.05, 3.63) is 51.3 Å². The van der Waals surface area contributed by atoms with Gasteiger partial charge < -0.3 is 16.2 Å². The number of aliphatic hydroxyl groups is 1. The maximum absolute atomic E-state index is 13.3. The first-order chi connectivity index (χ1) is 13.9. The maximum Gasteiger partial charge on any atom is 0.263 e. The van der Waals surface area contributed by atoms with Gasteiger partial charge in [0.15, 0.2) is 0 Å². The predicted octanol–water partition coefficient (Wildman–Crippen LogP) is 2.41. The van der Waals surface area contributed by atoms with Gasteiger partial charge in [-0.15, -0.1) is 0 Å². The average molecular weight is 414 g/mol. The van der Waals surface area contributed by atoms with Gasteiger partial charge >= 0.3 is 0 Å². The van der Waals surface area contributed by atoms with E-state index < -0.39 is 6.04 Å². The molecule has 9 nitrogen and oxygen atoms in total. The molecule has 0 spiro atoms. The topological polar surface area (TPSA) is 143 Å². The van der Waals surface area contributed by atoms with Crippen LogP contribution in [0.2, 0.25) is 5.02 Å². The number of anilines is 2. The van der Waals surface area contributed by atoms with E-state index in [0.717, 1.165) is 0 Å². The molecule has 2 atom stereocenters. The number of nitrogen functional groups attached to an aromatic ring is 1. The molecule has 0 amide bonds. The van der Waals surface area contributed by atoms with Gasteiger partial charge in [-0.3, -0.25) is 9.36 Å². The standard InChI is InChI=1S/C19H20ClN7O2/c1-10(6-7-28)27-18(26-14-5-3-4-13(20)15(14)19(27)29)11(2)25-17-12(8-21)16(22)23-9-24-17/h3-5,9-11,28H,6-7H2,1-2H3,(H3,22,23,24,25)/t10?,11-/m0/s1. The largest absolute Gasteiger partial charge is 0.396 e. The van der Waals surface area contributed by atoms with Crippen LogP contribution in [0, 0.1) is 11.3 Å². The van der Waals surface area contributed by atoms with Gasteiger partial charge in [0.25, 0.3) is 5.56 Å². The highest BCUT2D eigenvalue weighted by atomic mass is 35.5.